The number of nitrogens with zero attached hydrogens (tertiary/aromatic N) is 1. The van der Waals surface area contributed by atoms with Crippen LogP contribution in [0.5, 0.6) is 17.2 Å². The molecule has 9 nitrogen and oxygen atoms in total. The number of ether oxygens (including phenoxy) is 4. The fraction of sp³-hybridized carbons (Fsp3) is 0.438. The molecule has 0 bridgehead atoms. The number of methoxy groups -OCH3 is 4. The molecule has 25 heavy (non-hydrogen) atoms. The molecule has 138 valence electrons. The predicted molar refractivity (Wildman–Crippen MR) is 91.3 cm³/mol. The Balaban J connectivity index is 2.63. The summed E-state index contributed by atoms with van der Waals surface area (Å²) < 4.78 is 20.5. The van der Waals surface area contributed by atoms with E-state index < -0.39 is 11.8 Å². The Morgan fingerprint density at radius 3 is 2.20 bits per heavy atom. The highest BCUT2D eigenvalue weighted by Gasteiger charge is 2.12. The van der Waals surface area contributed by atoms with E-state index in [4.69, 9.17) is 18.9 Å². The highest BCUT2D eigenvalue weighted by molar-refractivity contribution is 5.97. The van der Waals surface area contributed by atoms with E-state index in [1.165, 1.54) is 34.7 Å². The number of benzene rings is 1. The number of carbonyl (C=O) groups is 2. The monoisotopic (exact) mass is 353 g/mol. The van der Waals surface area contributed by atoms with E-state index in [1.54, 1.807) is 12.1 Å². The summed E-state index contributed by atoms with van der Waals surface area (Å²) in [6, 6.07) is 3.35. The first-order valence-electron chi connectivity index (χ1n) is 7.43. The maximum atomic E-state index is 11.6. The second-order valence-electron chi connectivity index (χ2n) is 4.77. The van der Waals surface area contributed by atoms with Gasteiger partial charge in [-0.1, -0.05) is 0 Å². The first-order chi connectivity index (χ1) is 12.0. The second-order valence-corrected chi connectivity index (χ2v) is 4.77. The fourth-order valence-electron chi connectivity index (χ4n) is 1.90. The third-order valence-corrected chi connectivity index (χ3v) is 3.04. The minimum absolute atomic E-state index is 0.323. The second kappa shape index (κ2) is 10.9. The summed E-state index contributed by atoms with van der Waals surface area (Å²) in [4.78, 5) is 23.1. The smallest absolute Gasteiger partial charge is 0.249 e. The molecule has 2 N–H and O–H groups in total. The molecule has 0 saturated carbocycles. The van der Waals surface area contributed by atoms with Crippen LogP contribution in [0.15, 0.2) is 17.2 Å². The highest BCUT2D eigenvalue weighted by Crippen LogP contribution is 2.37. The van der Waals surface area contributed by atoms with E-state index in [0.29, 0.717) is 36.0 Å². The van der Waals surface area contributed by atoms with Crippen molar-refractivity contribution in [2.75, 3.05) is 41.6 Å². The Labute approximate surface area is 146 Å². The summed E-state index contributed by atoms with van der Waals surface area (Å²) in [7, 11) is 6.03. The van der Waals surface area contributed by atoms with Crippen molar-refractivity contribution in [3.63, 3.8) is 0 Å². The van der Waals surface area contributed by atoms with Gasteiger partial charge in [0.25, 0.3) is 0 Å². The van der Waals surface area contributed by atoms with E-state index in [9.17, 15) is 9.59 Å². The molecular weight excluding hydrogens is 330 g/mol. The Morgan fingerprint density at radius 2 is 1.68 bits per heavy atom. The number of hydrogen-bond donors (Lipinski definition) is 2. The first kappa shape index (κ1) is 20.2. The molecule has 0 aliphatic carbocycles. The molecule has 0 aromatic heterocycles. The van der Waals surface area contributed by atoms with Crippen LogP contribution in [-0.4, -0.2) is 59.6 Å². The van der Waals surface area contributed by atoms with Crippen LogP contribution in [-0.2, 0) is 14.3 Å². The van der Waals surface area contributed by atoms with Gasteiger partial charge in [-0.15, -0.1) is 0 Å². The van der Waals surface area contributed by atoms with Crippen molar-refractivity contribution in [3.05, 3.63) is 17.7 Å². The maximum Gasteiger partial charge on any atom is 0.249 e. The standard InChI is InChI=1S/C16H23N3O6/c1-22-6-5-17-14(20)9-15(21)19-18-10-11-7-12(23-2)16(25-4)13(8-11)24-3/h7-8,10H,5-6,9H2,1-4H3,(H,17,20)(H,19,21)/b18-10-. The lowest BCUT2D eigenvalue weighted by atomic mass is 10.2. The Bertz CT molecular complexity index is 593. The van der Waals surface area contributed by atoms with Crippen molar-refractivity contribution in [1.82, 2.24) is 10.7 Å². The van der Waals surface area contributed by atoms with Crippen molar-refractivity contribution in [2.45, 2.75) is 6.42 Å². The molecule has 9 heteroatoms. The molecule has 0 aliphatic rings. The zero-order valence-corrected chi connectivity index (χ0v) is 14.8. The summed E-state index contributed by atoms with van der Waals surface area (Å²) in [5, 5.41) is 6.36. The minimum Gasteiger partial charge on any atom is -0.493 e. The molecule has 1 aromatic rings. The largest absolute Gasteiger partial charge is 0.493 e. The van der Waals surface area contributed by atoms with Crippen molar-refractivity contribution in [1.29, 1.82) is 0 Å². The third kappa shape index (κ3) is 6.68. The third-order valence-electron chi connectivity index (χ3n) is 3.04. The Morgan fingerprint density at radius 1 is 1.04 bits per heavy atom. The summed E-state index contributed by atoms with van der Waals surface area (Å²) in [5.41, 5.74) is 2.91. The van der Waals surface area contributed by atoms with Gasteiger partial charge in [0.15, 0.2) is 11.5 Å². The van der Waals surface area contributed by atoms with Crippen molar-refractivity contribution < 1.29 is 28.5 Å². The lowest BCUT2D eigenvalue weighted by Crippen LogP contribution is -2.31. The Kier molecular flexibility index (Phi) is 8.80. The molecular formula is C16H23N3O6. The van der Waals surface area contributed by atoms with Gasteiger partial charge in [0.2, 0.25) is 17.6 Å². The van der Waals surface area contributed by atoms with Crippen LogP contribution >= 0.6 is 0 Å². The zero-order chi connectivity index (χ0) is 18.7. The summed E-state index contributed by atoms with van der Waals surface area (Å²) in [6.45, 7) is 0.726. The van der Waals surface area contributed by atoms with E-state index in [-0.39, 0.29) is 6.42 Å². The number of hydrogen-bond acceptors (Lipinski definition) is 7. The van der Waals surface area contributed by atoms with Crippen LogP contribution in [0.2, 0.25) is 0 Å². The van der Waals surface area contributed by atoms with Crippen LogP contribution in [0, 0.1) is 0 Å². The van der Waals surface area contributed by atoms with E-state index in [2.05, 4.69) is 15.8 Å². The molecule has 0 heterocycles. The molecule has 0 unspecified atom stereocenters. The van der Waals surface area contributed by atoms with Gasteiger partial charge in [-0.3, -0.25) is 9.59 Å². The maximum absolute atomic E-state index is 11.6. The van der Waals surface area contributed by atoms with Crippen LogP contribution in [0.25, 0.3) is 0 Å². The minimum atomic E-state index is -0.529. The lowest BCUT2D eigenvalue weighted by Gasteiger charge is -2.12. The molecule has 1 aromatic carbocycles. The molecule has 0 aliphatic heterocycles. The van der Waals surface area contributed by atoms with Crippen LogP contribution in [0.4, 0.5) is 0 Å². The van der Waals surface area contributed by atoms with Gasteiger partial charge in [-0.2, -0.15) is 5.10 Å². The molecule has 2 amide bonds. The summed E-state index contributed by atoms with van der Waals surface area (Å²) in [5.74, 6) is 0.453. The van der Waals surface area contributed by atoms with Gasteiger partial charge < -0.3 is 24.3 Å². The van der Waals surface area contributed by atoms with Gasteiger partial charge in [-0.05, 0) is 12.1 Å². The number of amides is 2. The number of carbonyl (C=O) groups excluding carboxylic acids is 2. The first-order valence-corrected chi connectivity index (χ1v) is 7.43. The number of rotatable bonds is 10. The van der Waals surface area contributed by atoms with Crippen molar-refractivity contribution in [3.8, 4) is 17.2 Å². The summed E-state index contributed by atoms with van der Waals surface area (Å²) >= 11 is 0. The normalized spacial score (nSPS) is 10.4. The van der Waals surface area contributed by atoms with Crippen LogP contribution in [0.1, 0.15) is 12.0 Å². The van der Waals surface area contributed by atoms with E-state index in [0.717, 1.165) is 0 Å². The van der Waals surface area contributed by atoms with E-state index >= 15 is 0 Å². The van der Waals surface area contributed by atoms with Gasteiger partial charge >= 0.3 is 0 Å². The van der Waals surface area contributed by atoms with Crippen molar-refractivity contribution in [2.24, 2.45) is 5.10 Å². The van der Waals surface area contributed by atoms with Gasteiger partial charge in [0.1, 0.15) is 6.42 Å². The van der Waals surface area contributed by atoms with Gasteiger partial charge in [-0.25, -0.2) is 5.43 Å². The topological polar surface area (TPSA) is 107 Å². The summed E-state index contributed by atoms with van der Waals surface area (Å²) in [6.07, 6.45) is 1.08. The number of hydrazone groups is 1. The van der Waals surface area contributed by atoms with Crippen LogP contribution < -0.4 is 25.0 Å². The average Bonchev–Trinajstić information content (AvgIpc) is 2.60. The zero-order valence-electron chi connectivity index (χ0n) is 14.8. The molecule has 0 fully saturated rings. The predicted octanol–water partition coefficient (Wildman–Crippen LogP) is 0.315. The molecule has 0 spiro atoms. The molecule has 0 radical (unpaired) electrons. The lowest BCUT2D eigenvalue weighted by molar-refractivity contribution is -0.129. The van der Waals surface area contributed by atoms with Crippen molar-refractivity contribution >= 4 is 18.0 Å². The Hall–Kier alpha value is -2.81. The SMILES string of the molecule is COCCNC(=O)CC(=O)N/N=C\c1cc(OC)c(OC)c(OC)c1. The highest BCUT2D eigenvalue weighted by atomic mass is 16.5. The van der Waals surface area contributed by atoms with Crippen LogP contribution in [0.3, 0.4) is 0 Å². The fourth-order valence-corrected chi connectivity index (χ4v) is 1.90. The molecule has 1 rings (SSSR count). The quantitative estimate of drug-likeness (QED) is 0.271. The number of nitrogens with one attached hydrogen (secondary N) is 2. The molecule has 0 saturated heterocycles. The average molecular weight is 353 g/mol. The van der Waals surface area contributed by atoms with Gasteiger partial charge in [0.05, 0.1) is 34.2 Å². The van der Waals surface area contributed by atoms with Gasteiger partial charge in [0, 0.05) is 19.2 Å². The van der Waals surface area contributed by atoms with E-state index in [1.807, 2.05) is 0 Å². The molecule has 0 atom stereocenters.